The van der Waals surface area contributed by atoms with Crippen molar-refractivity contribution in [3.63, 3.8) is 0 Å². The number of hydrogen-bond donors (Lipinski definition) is 1. The lowest BCUT2D eigenvalue weighted by Gasteiger charge is -2.42. The number of fused-ring (bicyclic) bond motifs is 4. The molecule has 2 heterocycles. The molecular formula is C23H21NO6. The second-order valence-electron chi connectivity index (χ2n) is 8.35. The van der Waals surface area contributed by atoms with E-state index < -0.39 is 29.0 Å². The SMILES string of the molecule is COC(=O)C12CC(C(=O)O)(CN1C(=O)OCC1c3ccccc3-c3ccccc31)C2. The molecule has 2 bridgehead atoms. The van der Waals surface area contributed by atoms with Crippen LogP contribution in [0.4, 0.5) is 4.79 Å². The van der Waals surface area contributed by atoms with Crippen LogP contribution in [-0.2, 0) is 19.1 Å². The lowest BCUT2D eigenvalue weighted by atomic mass is 9.62. The summed E-state index contributed by atoms with van der Waals surface area (Å²) in [6.07, 6.45) is -0.554. The van der Waals surface area contributed by atoms with Crippen LogP contribution in [0.5, 0.6) is 0 Å². The van der Waals surface area contributed by atoms with Crippen LogP contribution in [0.25, 0.3) is 11.1 Å². The Kier molecular flexibility index (Phi) is 3.93. The van der Waals surface area contributed by atoms with Crippen LogP contribution in [0.15, 0.2) is 48.5 Å². The number of carbonyl (C=O) groups is 3. The Morgan fingerprint density at radius 3 is 2.13 bits per heavy atom. The zero-order valence-corrected chi connectivity index (χ0v) is 16.5. The van der Waals surface area contributed by atoms with Crippen LogP contribution >= 0.6 is 0 Å². The van der Waals surface area contributed by atoms with Gasteiger partial charge in [-0.1, -0.05) is 48.5 Å². The molecule has 2 aromatic rings. The van der Waals surface area contributed by atoms with E-state index in [2.05, 4.69) is 0 Å². The van der Waals surface area contributed by atoms with Crippen LogP contribution in [0.2, 0.25) is 0 Å². The van der Waals surface area contributed by atoms with Gasteiger partial charge in [0.05, 0.1) is 12.5 Å². The molecule has 0 atom stereocenters. The molecule has 4 aliphatic rings. The van der Waals surface area contributed by atoms with Gasteiger partial charge < -0.3 is 14.6 Å². The fourth-order valence-electron chi connectivity index (χ4n) is 5.40. The normalized spacial score (nSPS) is 25.8. The zero-order chi connectivity index (χ0) is 21.1. The highest BCUT2D eigenvalue weighted by Crippen LogP contribution is 2.60. The zero-order valence-electron chi connectivity index (χ0n) is 16.5. The van der Waals surface area contributed by atoms with Gasteiger partial charge in [0.25, 0.3) is 0 Å². The van der Waals surface area contributed by atoms with Crippen LogP contribution in [0, 0.1) is 5.41 Å². The molecule has 1 saturated carbocycles. The van der Waals surface area contributed by atoms with Crippen molar-refractivity contribution in [1.82, 2.24) is 4.90 Å². The summed E-state index contributed by atoms with van der Waals surface area (Å²) in [6.45, 7) is 0.0643. The highest BCUT2D eigenvalue weighted by atomic mass is 16.6. The Morgan fingerprint density at radius 1 is 1.03 bits per heavy atom. The number of nitrogens with zero attached hydrogens (tertiary/aromatic N) is 1. The number of hydrogen-bond acceptors (Lipinski definition) is 5. The Morgan fingerprint density at radius 2 is 1.60 bits per heavy atom. The highest BCUT2D eigenvalue weighted by molar-refractivity contribution is 5.94. The van der Waals surface area contributed by atoms with E-state index in [1.54, 1.807) is 0 Å². The highest BCUT2D eigenvalue weighted by Gasteiger charge is 2.74. The molecule has 0 aromatic heterocycles. The minimum Gasteiger partial charge on any atom is -0.481 e. The fraction of sp³-hybridized carbons (Fsp3) is 0.348. The number of carboxylic acid groups (broad SMARTS) is 1. The number of carboxylic acids is 1. The van der Waals surface area contributed by atoms with Gasteiger partial charge in [-0.25, -0.2) is 9.59 Å². The molecule has 7 nitrogen and oxygen atoms in total. The lowest BCUT2D eigenvalue weighted by Crippen LogP contribution is -2.58. The Labute approximate surface area is 173 Å². The van der Waals surface area contributed by atoms with Crippen molar-refractivity contribution in [3.8, 4) is 11.1 Å². The Hall–Kier alpha value is -3.35. The maximum absolute atomic E-state index is 13.0. The molecule has 3 fully saturated rings. The Balaban J connectivity index is 1.38. The molecular weight excluding hydrogens is 386 g/mol. The molecule has 0 unspecified atom stereocenters. The van der Waals surface area contributed by atoms with Crippen molar-refractivity contribution in [2.75, 3.05) is 20.3 Å². The number of esters is 1. The maximum atomic E-state index is 13.0. The summed E-state index contributed by atoms with van der Waals surface area (Å²) < 4.78 is 10.5. The smallest absolute Gasteiger partial charge is 0.410 e. The topological polar surface area (TPSA) is 93.1 Å². The molecule has 1 amide bonds. The summed E-state index contributed by atoms with van der Waals surface area (Å²) in [5, 5.41) is 9.57. The predicted octanol–water partition coefficient (Wildman–Crippen LogP) is 3.03. The van der Waals surface area contributed by atoms with Gasteiger partial charge in [0.2, 0.25) is 0 Å². The lowest BCUT2D eigenvalue weighted by molar-refractivity contribution is -0.164. The third kappa shape index (κ3) is 2.35. The molecule has 2 aliphatic carbocycles. The first-order valence-electron chi connectivity index (χ1n) is 9.86. The summed E-state index contributed by atoms with van der Waals surface area (Å²) in [6, 6.07) is 16.0. The predicted molar refractivity (Wildman–Crippen MR) is 106 cm³/mol. The van der Waals surface area contributed by atoms with Crippen LogP contribution in [-0.4, -0.2) is 53.8 Å². The molecule has 6 rings (SSSR count). The van der Waals surface area contributed by atoms with E-state index in [9.17, 15) is 19.5 Å². The summed E-state index contributed by atoms with van der Waals surface area (Å²) in [5.74, 6) is -1.71. The van der Waals surface area contributed by atoms with Gasteiger partial charge in [0.1, 0.15) is 12.1 Å². The average molecular weight is 407 g/mol. The van der Waals surface area contributed by atoms with Crippen molar-refractivity contribution >= 4 is 18.0 Å². The first kappa shape index (κ1) is 18.7. The van der Waals surface area contributed by atoms with E-state index in [1.807, 2.05) is 48.5 Å². The third-order valence-electron chi connectivity index (χ3n) is 6.81. The van der Waals surface area contributed by atoms with E-state index in [0.717, 1.165) is 22.3 Å². The molecule has 0 spiro atoms. The summed E-state index contributed by atoms with van der Waals surface area (Å²) in [5.41, 5.74) is 2.07. The Bertz CT molecular complexity index is 1030. The van der Waals surface area contributed by atoms with Crippen LogP contribution in [0.1, 0.15) is 29.9 Å². The summed E-state index contributed by atoms with van der Waals surface area (Å²) in [7, 11) is 1.24. The molecule has 0 radical (unpaired) electrons. The van der Waals surface area contributed by atoms with E-state index in [1.165, 1.54) is 12.0 Å². The molecule has 2 saturated heterocycles. The van der Waals surface area contributed by atoms with Crippen molar-refractivity contribution in [2.24, 2.45) is 5.41 Å². The second kappa shape index (κ2) is 6.32. The minimum atomic E-state index is -1.24. The first-order valence-corrected chi connectivity index (χ1v) is 9.86. The number of ether oxygens (including phenoxy) is 2. The quantitative estimate of drug-likeness (QED) is 0.783. The monoisotopic (exact) mass is 407 g/mol. The molecule has 1 N–H and O–H groups in total. The van der Waals surface area contributed by atoms with E-state index in [4.69, 9.17) is 9.47 Å². The first-order chi connectivity index (χ1) is 14.4. The average Bonchev–Trinajstić information content (AvgIpc) is 3.37. The van der Waals surface area contributed by atoms with Crippen molar-refractivity contribution in [2.45, 2.75) is 24.3 Å². The molecule has 2 aliphatic heterocycles. The van der Waals surface area contributed by atoms with E-state index >= 15 is 0 Å². The number of methoxy groups -OCH3 is 1. The van der Waals surface area contributed by atoms with Gasteiger partial charge in [0, 0.05) is 12.5 Å². The van der Waals surface area contributed by atoms with Crippen LogP contribution in [0.3, 0.4) is 0 Å². The van der Waals surface area contributed by atoms with E-state index in [-0.39, 0.29) is 31.9 Å². The summed E-state index contributed by atoms with van der Waals surface area (Å²) >= 11 is 0. The van der Waals surface area contributed by atoms with Crippen LogP contribution < -0.4 is 0 Å². The largest absolute Gasteiger partial charge is 0.481 e. The van der Waals surface area contributed by atoms with Gasteiger partial charge in [-0.05, 0) is 35.1 Å². The fourth-order valence-corrected chi connectivity index (χ4v) is 5.40. The van der Waals surface area contributed by atoms with E-state index in [0.29, 0.717) is 0 Å². The second-order valence-corrected chi connectivity index (χ2v) is 8.35. The number of benzene rings is 2. The molecule has 7 heteroatoms. The molecule has 154 valence electrons. The number of amides is 1. The molecule has 2 aromatic carbocycles. The van der Waals surface area contributed by atoms with Crippen molar-refractivity contribution in [3.05, 3.63) is 59.7 Å². The van der Waals surface area contributed by atoms with Gasteiger partial charge in [-0.15, -0.1) is 0 Å². The molecule has 30 heavy (non-hydrogen) atoms. The number of aliphatic carboxylic acids is 1. The summed E-state index contributed by atoms with van der Waals surface area (Å²) in [4.78, 5) is 38.3. The van der Waals surface area contributed by atoms with Crippen molar-refractivity contribution in [1.29, 1.82) is 0 Å². The van der Waals surface area contributed by atoms with Crippen molar-refractivity contribution < 1.29 is 29.0 Å². The van der Waals surface area contributed by atoms with Gasteiger partial charge >= 0.3 is 18.0 Å². The standard InChI is InChI=1S/C23H21NO6/c1-29-20(27)23-11-22(12-23,19(25)26)13-24(23)21(28)30-10-18-16-8-4-2-6-14(16)15-7-3-5-9-17(15)18/h2-9,18H,10-13H2,1H3,(H,25,26). The van der Waals surface area contributed by atoms with Gasteiger partial charge in [0.15, 0.2) is 0 Å². The third-order valence-corrected chi connectivity index (χ3v) is 6.81. The van der Waals surface area contributed by atoms with Gasteiger partial charge in [-0.3, -0.25) is 9.69 Å². The number of rotatable bonds is 4. The maximum Gasteiger partial charge on any atom is 0.410 e. The number of carbonyl (C=O) groups excluding carboxylic acids is 2. The van der Waals surface area contributed by atoms with Gasteiger partial charge in [-0.2, -0.15) is 0 Å². The minimum absolute atomic E-state index is 0.0475.